The lowest BCUT2D eigenvalue weighted by atomic mass is 10.0. The highest BCUT2D eigenvalue weighted by molar-refractivity contribution is 5.42. The summed E-state index contributed by atoms with van der Waals surface area (Å²) in [5.41, 5.74) is 2.63. The average Bonchev–Trinajstić information content (AvgIpc) is 2.99. The Hall–Kier alpha value is -4.82. The zero-order chi connectivity index (χ0) is 27.3. The Labute approximate surface area is 232 Å². The van der Waals surface area contributed by atoms with Crippen molar-refractivity contribution in [2.45, 2.75) is 18.5 Å². The van der Waals surface area contributed by atoms with E-state index in [1.54, 1.807) is 12.1 Å². The first kappa shape index (κ1) is 25.5. The molecule has 0 spiro atoms. The number of phenols is 2. The normalized spacial score (nSPS) is 18.6. The highest BCUT2D eigenvalue weighted by Gasteiger charge is 2.31. The minimum absolute atomic E-state index is 0.00242. The molecule has 5 aromatic carbocycles. The highest BCUT2D eigenvalue weighted by atomic mass is 16.5. The summed E-state index contributed by atoms with van der Waals surface area (Å²) in [6.45, 7) is 0. The lowest BCUT2D eigenvalue weighted by Gasteiger charge is -2.39. The molecule has 0 bridgehead atoms. The van der Waals surface area contributed by atoms with Crippen molar-refractivity contribution in [3.8, 4) is 34.5 Å². The molecule has 200 valence electrons. The van der Waals surface area contributed by atoms with Crippen molar-refractivity contribution in [1.82, 2.24) is 16.0 Å². The van der Waals surface area contributed by atoms with E-state index in [1.807, 2.05) is 109 Å². The lowest BCUT2D eigenvalue weighted by molar-refractivity contribution is 0.200. The van der Waals surface area contributed by atoms with Crippen LogP contribution in [-0.4, -0.2) is 10.2 Å². The van der Waals surface area contributed by atoms with Gasteiger partial charge in [-0.2, -0.15) is 0 Å². The van der Waals surface area contributed by atoms with E-state index in [4.69, 9.17) is 9.47 Å². The summed E-state index contributed by atoms with van der Waals surface area (Å²) >= 11 is 0. The van der Waals surface area contributed by atoms with Gasteiger partial charge in [-0.15, -0.1) is 0 Å². The fraction of sp³-hybridized carbons (Fsp3) is 0.0909. The van der Waals surface area contributed by atoms with Crippen LogP contribution in [0.25, 0.3) is 0 Å². The van der Waals surface area contributed by atoms with Crippen LogP contribution in [0, 0.1) is 0 Å². The van der Waals surface area contributed by atoms with Crippen molar-refractivity contribution in [3.05, 3.63) is 144 Å². The molecule has 40 heavy (non-hydrogen) atoms. The number of para-hydroxylation sites is 2. The summed E-state index contributed by atoms with van der Waals surface area (Å²) in [5.74, 6) is 3.03. The maximum atomic E-state index is 10.6. The predicted molar refractivity (Wildman–Crippen MR) is 153 cm³/mol. The first-order chi connectivity index (χ1) is 19.6. The highest BCUT2D eigenvalue weighted by Crippen LogP contribution is 2.34. The van der Waals surface area contributed by atoms with Gasteiger partial charge in [-0.1, -0.05) is 60.7 Å². The number of nitrogens with one attached hydrogen (secondary N) is 3. The molecule has 1 aliphatic heterocycles. The van der Waals surface area contributed by atoms with E-state index in [1.165, 1.54) is 6.07 Å². The number of hydrogen-bond acceptors (Lipinski definition) is 7. The van der Waals surface area contributed by atoms with E-state index in [0.29, 0.717) is 5.56 Å². The Balaban J connectivity index is 1.25. The molecule has 7 heteroatoms. The third-order valence-corrected chi connectivity index (χ3v) is 6.71. The standard InChI is InChI=1S/C33H29N3O4/c37-24-15-20-29(30(38)21-24)33-35-31(22-11-16-27(17-12-22)39-25-7-3-1-4-8-25)34-32(36-33)23-13-18-28(19-14-23)40-26-9-5-2-6-10-26/h1-21,31-38H. The molecule has 2 atom stereocenters. The molecular weight excluding hydrogens is 502 g/mol. The Morgan fingerprint density at radius 3 is 1.32 bits per heavy atom. The molecule has 6 rings (SSSR count). The van der Waals surface area contributed by atoms with Gasteiger partial charge in [-0.05, 0) is 71.8 Å². The number of aromatic hydroxyl groups is 2. The predicted octanol–water partition coefficient (Wildman–Crippen LogP) is 6.86. The molecular formula is C33H29N3O4. The topological polar surface area (TPSA) is 95.0 Å². The van der Waals surface area contributed by atoms with Crippen LogP contribution in [0.2, 0.25) is 0 Å². The SMILES string of the molecule is Oc1ccc(C2NC(c3ccc(Oc4ccccc4)cc3)NC(c3ccc(Oc4ccccc4)cc3)N2)c(O)c1. The van der Waals surface area contributed by atoms with E-state index in [-0.39, 0.29) is 23.8 Å². The van der Waals surface area contributed by atoms with Crippen LogP contribution in [0.5, 0.6) is 34.5 Å². The Bertz CT molecular complexity index is 1450. The Morgan fingerprint density at radius 1 is 0.450 bits per heavy atom. The minimum Gasteiger partial charge on any atom is -0.508 e. The van der Waals surface area contributed by atoms with Gasteiger partial charge in [0, 0.05) is 11.6 Å². The molecule has 1 aliphatic rings. The van der Waals surface area contributed by atoms with Crippen LogP contribution >= 0.6 is 0 Å². The van der Waals surface area contributed by atoms with Gasteiger partial charge in [0.1, 0.15) is 34.5 Å². The smallest absolute Gasteiger partial charge is 0.127 e. The van der Waals surface area contributed by atoms with E-state index < -0.39 is 6.17 Å². The maximum Gasteiger partial charge on any atom is 0.127 e. The van der Waals surface area contributed by atoms with Gasteiger partial charge in [0.05, 0.1) is 18.5 Å². The Morgan fingerprint density at radius 2 is 0.875 bits per heavy atom. The molecule has 1 saturated heterocycles. The second-order valence-electron chi connectivity index (χ2n) is 9.51. The molecule has 1 fully saturated rings. The number of ether oxygens (including phenoxy) is 2. The van der Waals surface area contributed by atoms with Gasteiger partial charge in [-0.25, -0.2) is 0 Å². The summed E-state index contributed by atoms with van der Waals surface area (Å²) in [6.07, 6.45) is -0.914. The van der Waals surface area contributed by atoms with Crippen molar-refractivity contribution in [2.75, 3.05) is 0 Å². The minimum atomic E-state index is -0.405. The Kier molecular flexibility index (Phi) is 7.32. The molecule has 0 saturated carbocycles. The molecule has 0 aliphatic carbocycles. The largest absolute Gasteiger partial charge is 0.508 e. The quantitative estimate of drug-likeness (QED) is 0.157. The zero-order valence-electron chi connectivity index (χ0n) is 21.6. The van der Waals surface area contributed by atoms with Gasteiger partial charge in [-0.3, -0.25) is 16.0 Å². The van der Waals surface area contributed by atoms with Gasteiger partial charge < -0.3 is 19.7 Å². The van der Waals surface area contributed by atoms with E-state index in [9.17, 15) is 10.2 Å². The molecule has 2 unspecified atom stereocenters. The molecule has 0 radical (unpaired) electrons. The van der Waals surface area contributed by atoms with Gasteiger partial charge in [0.15, 0.2) is 0 Å². The fourth-order valence-electron chi connectivity index (χ4n) is 4.69. The zero-order valence-corrected chi connectivity index (χ0v) is 21.6. The monoisotopic (exact) mass is 531 g/mol. The summed E-state index contributed by atoms with van der Waals surface area (Å²) in [4.78, 5) is 0. The van der Waals surface area contributed by atoms with Crippen LogP contribution in [0.1, 0.15) is 35.2 Å². The van der Waals surface area contributed by atoms with Crippen molar-refractivity contribution >= 4 is 0 Å². The van der Waals surface area contributed by atoms with Gasteiger partial charge >= 0.3 is 0 Å². The van der Waals surface area contributed by atoms with Crippen LogP contribution in [0.4, 0.5) is 0 Å². The van der Waals surface area contributed by atoms with E-state index in [2.05, 4.69) is 16.0 Å². The van der Waals surface area contributed by atoms with Crippen LogP contribution in [0.15, 0.2) is 127 Å². The first-order valence-corrected chi connectivity index (χ1v) is 13.1. The fourth-order valence-corrected chi connectivity index (χ4v) is 4.69. The van der Waals surface area contributed by atoms with Crippen molar-refractivity contribution in [3.63, 3.8) is 0 Å². The summed E-state index contributed by atoms with van der Waals surface area (Å²) in [5, 5.41) is 31.1. The van der Waals surface area contributed by atoms with E-state index >= 15 is 0 Å². The molecule has 1 heterocycles. The number of rotatable bonds is 7. The summed E-state index contributed by atoms with van der Waals surface area (Å²) in [6, 6.07) is 39.7. The first-order valence-electron chi connectivity index (χ1n) is 13.1. The van der Waals surface area contributed by atoms with E-state index in [0.717, 1.165) is 34.1 Å². The van der Waals surface area contributed by atoms with Crippen molar-refractivity contribution < 1.29 is 19.7 Å². The lowest BCUT2D eigenvalue weighted by Crippen LogP contribution is -2.54. The number of hydrogen-bond donors (Lipinski definition) is 5. The second kappa shape index (κ2) is 11.5. The summed E-state index contributed by atoms with van der Waals surface area (Å²) < 4.78 is 11.9. The summed E-state index contributed by atoms with van der Waals surface area (Å²) in [7, 11) is 0. The number of phenolic OH excluding ortho intramolecular Hbond substituents is 2. The molecule has 0 aromatic heterocycles. The molecule has 0 amide bonds. The third kappa shape index (κ3) is 5.92. The molecule has 5 aromatic rings. The second-order valence-corrected chi connectivity index (χ2v) is 9.51. The van der Waals surface area contributed by atoms with Crippen molar-refractivity contribution in [1.29, 1.82) is 0 Å². The van der Waals surface area contributed by atoms with Crippen LogP contribution in [-0.2, 0) is 0 Å². The van der Waals surface area contributed by atoms with Crippen molar-refractivity contribution in [2.24, 2.45) is 0 Å². The van der Waals surface area contributed by atoms with Gasteiger partial charge in [0.25, 0.3) is 0 Å². The third-order valence-electron chi connectivity index (χ3n) is 6.71. The molecule has 5 N–H and O–H groups in total. The average molecular weight is 532 g/mol. The number of benzene rings is 5. The maximum absolute atomic E-state index is 10.6. The van der Waals surface area contributed by atoms with Crippen LogP contribution < -0.4 is 25.4 Å². The van der Waals surface area contributed by atoms with Gasteiger partial charge in [0.2, 0.25) is 0 Å². The van der Waals surface area contributed by atoms with Crippen LogP contribution in [0.3, 0.4) is 0 Å². The molecule has 7 nitrogen and oxygen atoms in total.